The van der Waals surface area contributed by atoms with Gasteiger partial charge in [-0.2, -0.15) is 0 Å². The lowest BCUT2D eigenvalue weighted by atomic mass is 10.0. The number of hydrogen-bond donors (Lipinski definition) is 0. The van der Waals surface area contributed by atoms with Crippen LogP contribution in [0, 0.1) is 0 Å². The Balaban J connectivity index is 1.33. The molecule has 0 unspecified atom stereocenters. The SMILES string of the molecule is Clc1ccc(-c2nc(-c3ccc4ccccc4c3)nc(-c3ccc4oc5ccccc5c4c3)n2)c2c1oc1ccccc12. The molecule has 9 rings (SSSR count). The molecule has 0 N–H and O–H groups in total. The van der Waals surface area contributed by atoms with Gasteiger partial charge in [0.25, 0.3) is 0 Å². The number of aromatic nitrogens is 3. The fourth-order valence-electron chi connectivity index (χ4n) is 5.93. The van der Waals surface area contributed by atoms with Crippen LogP contribution in [0.1, 0.15) is 0 Å². The highest BCUT2D eigenvalue weighted by Gasteiger charge is 2.20. The molecular weight excluding hydrogens is 554 g/mol. The first-order valence-electron chi connectivity index (χ1n) is 14.0. The Morgan fingerprint density at radius 1 is 0.465 bits per heavy atom. The van der Waals surface area contributed by atoms with Gasteiger partial charge >= 0.3 is 0 Å². The predicted octanol–water partition coefficient (Wildman–Crippen LogP) is 10.5. The average molecular weight is 574 g/mol. The van der Waals surface area contributed by atoms with Gasteiger partial charge in [-0.25, -0.2) is 15.0 Å². The minimum Gasteiger partial charge on any atom is -0.456 e. The molecule has 6 aromatic carbocycles. The molecule has 3 aromatic heterocycles. The molecule has 3 heterocycles. The molecule has 0 amide bonds. The molecule has 0 aliphatic rings. The van der Waals surface area contributed by atoms with E-state index in [4.69, 9.17) is 35.4 Å². The maximum Gasteiger partial charge on any atom is 0.164 e. The van der Waals surface area contributed by atoms with E-state index in [0.29, 0.717) is 28.1 Å². The van der Waals surface area contributed by atoms with Crippen LogP contribution < -0.4 is 0 Å². The first-order valence-corrected chi connectivity index (χ1v) is 14.3. The standard InChI is InChI=1S/C37H20ClN3O2/c38-29-17-16-27(33-26-10-4-6-12-31(26)43-34(29)33)37-40-35(23-14-13-21-7-1-2-8-22(21)19-23)39-36(41-37)24-15-18-32-28(20-24)25-9-3-5-11-30(25)42-32/h1-20H. The maximum absolute atomic E-state index is 6.63. The molecule has 0 radical (unpaired) electrons. The summed E-state index contributed by atoms with van der Waals surface area (Å²) >= 11 is 6.63. The fraction of sp³-hybridized carbons (Fsp3) is 0. The number of para-hydroxylation sites is 2. The van der Waals surface area contributed by atoms with Crippen molar-refractivity contribution in [3.05, 3.63) is 126 Å². The predicted molar refractivity (Wildman–Crippen MR) is 173 cm³/mol. The van der Waals surface area contributed by atoms with Gasteiger partial charge in [-0.15, -0.1) is 0 Å². The van der Waals surface area contributed by atoms with E-state index in [1.165, 1.54) is 0 Å². The number of halogens is 1. The summed E-state index contributed by atoms with van der Waals surface area (Å²) < 4.78 is 12.3. The molecular formula is C37H20ClN3O2. The Morgan fingerprint density at radius 3 is 1.93 bits per heavy atom. The molecule has 5 nitrogen and oxygen atoms in total. The lowest BCUT2D eigenvalue weighted by Crippen LogP contribution is -2.00. The van der Waals surface area contributed by atoms with Crippen LogP contribution in [-0.4, -0.2) is 15.0 Å². The zero-order valence-corrected chi connectivity index (χ0v) is 23.3. The van der Waals surface area contributed by atoms with Crippen molar-refractivity contribution in [2.45, 2.75) is 0 Å². The van der Waals surface area contributed by atoms with Crippen molar-refractivity contribution in [1.82, 2.24) is 15.0 Å². The Hall–Kier alpha value is -5.52. The quantitative estimate of drug-likeness (QED) is 0.210. The van der Waals surface area contributed by atoms with Gasteiger partial charge in [0.05, 0.1) is 5.02 Å². The highest BCUT2D eigenvalue weighted by molar-refractivity contribution is 6.36. The second-order valence-electron chi connectivity index (χ2n) is 10.6. The number of nitrogens with zero attached hydrogens (tertiary/aromatic N) is 3. The Labute approximate surface area is 250 Å². The van der Waals surface area contributed by atoms with Gasteiger partial charge in [0.2, 0.25) is 0 Å². The van der Waals surface area contributed by atoms with Crippen LogP contribution in [0.3, 0.4) is 0 Å². The maximum atomic E-state index is 6.63. The van der Waals surface area contributed by atoms with E-state index < -0.39 is 0 Å². The molecule has 0 atom stereocenters. The van der Waals surface area contributed by atoms with Gasteiger partial charge in [0.1, 0.15) is 16.7 Å². The molecule has 9 aromatic rings. The topological polar surface area (TPSA) is 65.0 Å². The number of furan rings is 2. The summed E-state index contributed by atoms with van der Waals surface area (Å²) in [4.78, 5) is 15.1. The van der Waals surface area contributed by atoms with Crippen molar-refractivity contribution in [2.75, 3.05) is 0 Å². The van der Waals surface area contributed by atoms with Crippen molar-refractivity contribution >= 4 is 66.3 Å². The first-order chi connectivity index (χ1) is 21.2. The van der Waals surface area contributed by atoms with Gasteiger partial charge in [-0.1, -0.05) is 84.4 Å². The van der Waals surface area contributed by atoms with E-state index in [2.05, 4.69) is 42.5 Å². The lowest BCUT2D eigenvalue weighted by molar-refractivity contribution is 0.668. The van der Waals surface area contributed by atoms with E-state index in [1.807, 2.05) is 78.9 Å². The van der Waals surface area contributed by atoms with Crippen LogP contribution in [0.15, 0.2) is 130 Å². The summed E-state index contributed by atoms with van der Waals surface area (Å²) in [5.41, 5.74) is 5.63. The van der Waals surface area contributed by atoms with Gasteiger partial charge in [0, 0.05) is 38.2 Å². The lowest BCUT2D eigenvalue weighted by Gasteiger charge is -2.10. The van der Waals surface area contributed by atoms with Crippen molar-refractivity contribution in [3.63, 3.8) is 0 Å². The monoisotopic (exact) mass is 573 g/mol. The van der Waals surface area contributed by atoms with Crippen molar-refractivity contribution < 1.29 is 8.83 Å². The van der Waals surface area contributed by atoms with Crippen molar-refractivity contribution in [1.29, 1.82) is 0 Å². The van der Waals surface area contributed by atoms with Crippen LogP contribution in [-0.2, 0) is 0 Å². The molecule has 202 valence electrons. The van der Waals surface area contributed by atoms with E-state index in [-0.39, 0.29) is 0 Å². The molecule has 6 heteroatoms. The third-order valence-corrected chi connectivity index (χ3v) is 8.29. The van der Waals surface area contributed by atoms with Gasteiger partial charge in [0.15, 0.2) is 23.1 Å². The minimum absolute atomic E-state index is 0.538. The molecule has 43 heavy (non-hydrogen) atoms. The third kappa shape index (κ3) is 3.83. The summed E-state index contributed by atoms with van der Waals surface area (Å²) in [6, 6.07) is 40.4. The zero-order valence-electron chi connectivity index (χ0n) is 22.6. The second-order valence-corrected chi connectivity index (χ2v) is 11.0. The van der Waals surface area contributed by atoms with Crippen LogP contribution in [0.2, 0.25) is 5.02 Å². The molecule has 0 fully saturated rings. The van der Waals surface area contributed by atoms with Crippen LogP contribution in [0.5, 0.6) is 0 Å². The summed E-state index contributed by atoms with van der Waals surface area (Å²) in [6.07, 6.45) is 0. The molecule has 0 saturated carbocycles. The van der Waals surface area contributed by atoms with Gasteiger partial charge < -0.3 is 8.83 Å². The van der Waals surface area contributed by atoms with Crippen LogP contribution in [0.4, 0.5) is 0 Å². The number of fused-ring (bicyclic) bond motifs is 7. The van der Waals surface area contributed by atoms with Crippen molar-refractivity contribution in [3.8, 4) is 34.2 Å². The Kier molecular flexibility index (Phi) is 5.18. The average Bonchev–Trinajstić information content (AvgIpc) is 3.64. The first kappa shape index (κ1) is 24.1. The molecule has 0 aliphatic carbocycles. The van der Waals surface area contributed by atoms with Gasteiger partial charge in [-0.05, 0) is 59.3 Å². The second kappa shape index (κ2) is 9.24. The fourth-order valence-corrected chi connectivity index (χ4v) is 6.13. The molecule has 0 spiro atoms. The van der Waals surface area contributed by atoms with E-state index in [0.717, 1.165) is 65.8 Å². The van der Waals surface area contributed by atoms with Crippen LogP contribution >= 0.6 is 11.6 Å². The third-order valence-electron chi connectivity index (χ3n) is 8.00. The molecule has 0 aliphatic heterocycles. The summed E-state index contributed by atoms with van der Waals surface area (Å²) in [5.74, 6) is 1.69. The Bertz CT molecular complexity index is 2550. The molecule has 0 bridgehead atoms. The summed E-state index contributed by atoms with van der Waals surface area (Å²) in [6.45, 7) is 0. The normalized spacial score (nSPS) is 11.8. The van der Waals surface area contributed by atoms with E-state index in [1.54, 1.807) is 0 Å². The Morgan fingerprint density at radius 2 is 1.09 bits per heavy atom. The summed E-state index contributed by atoms with van der Waals surface area (Å²) in [7, 11) is 0. The minimum atomic E-state index is 0.538. The number of benzene rings is 6. The van der Waals surface area contributed by atoms with Gasteiger partial charge in [-0.3, -0.25) is 0 Å². The smallest absolute Gasteiger partial charge is 0.164 e. The highest BCUT2D eigenvalue weighted by atomic mass is 35.5. The zero-order chi connectivity index (χ0) is 28.5. The van der Waals surface area contributed by atoms with Crippen LogP contribution in [0.25, 0.3) is 88.8 Å². The molecule has 0 saturated heterocycles. The number of hydrogen-bond acceptors (Lipinski definition) is 5. The largest absolute Gasteiger partial charge is 0.456 e. The summed E-state index contributed by atoms with van der Waals surface area (Å²) in [5, 5.41) is 6.70. The number of rotatable bonds is 3. The van der Waals surface area contributed by atoms with Crippen molar-refractivity contribution in [2.24, 2.45) is 0 Å². The van der Waals surface area contributed by atoms with E-state index >= 15 is 0 Å². The van der Waals surface area contributed by atoms with E-state index in [9.17, 15) is 0 Å². The highest BCUT2D eigenvalue weighted by Crippen LogP contribution is 2.40.